The number of nitrogens with zero attached hydrogens (tertiary/aromatic N) is 4. The molecule has 1 N–H and O–H groups in total. The molecule has 2 aromatic heterocycles. The van der Waals surface area contributed by atoms with Gasteiger partial charge < -0.3 is 5.32 Å². The number of hydrogen-bond acceptors (Lipinski definition) is 4. The van der Waals surface area contributed by atoms with Crippen molar-refractivity contribution < 1.29 is 0 Å². The first-order valence-electron chi connectivity index (χ1n) is 5.45. The van der Waals surface area contributed by atoms with Crippen LogP contribution in [0.25, 0.3) is 11.0 Å². The van der Waals surface area contributed by atoms with Gasteiger partial charge in [0.15, 0.2) is 5.65 Å². The lowest BCUT2D eigenvalue weighted by Gasteiger charge is -2.18. The van der Waals surface area contributed by atoms with Gasteiger partial charge in [0, 0.05) is 19.0 Å². The van der Waals surface area contributed by atoms with Crippen LogP contribution in [0.4, 0.5) is 0 Å². The molecule has 0 bridgehead atoms. The SMILES string of the molecule is CNC(C)C(C)c1ncnc2c1cnn2C. The van der Waals surface area contributed by atoms with Crippen LogP contribution in [-0.4, -0.2) is 32.8 Å². The summed E-state index contributed by atoms with van der Waals surface area (Å²) in [7, 11) is 3.86. The fraction of sp³-hybridized carbons (Fsp3) is 0.545. The lowest BCUT2D eigenvalue weighted by atomic mass is 9.98. The number of aromatic nitrogens is 4. The molecule has 0 saturated heterocycles. The van der Waals surface area contributed by atoms with E-state index in [0.717, 1.165) is 16.7 Å². The number of likely N-dealkylation sites (N-methyl/N-ethyl adjacent to an activating group) is 1. The fourth-order valence-corrected chi connectivity index (χ4v) is 1.83. The van der Waals surface area contributed by atoms with E-state index in [0.29, 0.717) is 12.0 Å². The van der Waals surface area contributed by atoms with E-state index in [1.54, 1.807) is 11.0 Å². The smallest absolute Gasteiger partial charge is 0.161 e. The Labute approximate surface area is 94.9 Å². The summed E-state index contributed by atoms with van der Waals surface area (Å²) in [6.07, 6.45) is 3.45. The molecule has 0 aromatic carbocycles. The quantitative estimate of drug-likeness (QED) is 0.839. The van der Waals surface area contributed by atoms with Gasteiger partial charge in [0.05, 0.1) is 17.3 Å². The van der Waals surface area contributed by atoms with Crippen molar-refractivity contribution in [3.63, 3.8) is 0 Å². The van der Waals surface area contributed by atoms with E-state index in [1.807, 2.05) is 20.3 Å². The molecule has 2 rings (SSSR count). The van der Waals surface area contributed by atoms with Crippen molar-refractivity contribution in [1.82, 2.24) is 25.1 Å². The van der Waals surface area contributed by atoms with E-state index in [2.05, 4.69) is 34.2 Å². The Balaban J connectivity index is 2.52. The van der Waals surface area contributed by atoms with Crippen LogP contribution in [-0.2, 0) is 7.05 Å². The minimum atomic E-state index is 0.333. The van der Waals surface area contributed by atoms with Crippen molar-refractivity contribution in [2.24, 2.45) is 7.05 Å². The molecule has 0 radical (unpaired) electrons. The van der Waals surface area contributed by atoms with Gasteiger partial charge in [0.25, 0.3) is 0 Å². The van der Waals surface area contributed by atoms with Crippen LogP contribution in [0.5, 0.6) is 0 Å². The standard InChI is InChI=1S/C11H17N5/c1-7(8(2)12-3)10-9-5-15-16(4)11(9)14-6-13-10/h5-8,12H,1-4H3. The highest BCUT2D eigenvalue weighted by Gasteiger charge is 2.18. The second-order valence-electron chi connectivity index (χ2n) is 4.13. The molecule has 5 nitrogen and oxygen atoms in total. The number of aryl methyl sites for hydroxylation is 1. The van der Waals surface area contributed by atoms with Gasteiger partial charge in [0.1, 0.15) is 6.33 Å². The van der Waals surface area contributed by atoms with Crippen LogP contribution in [0.2, 0.25) is 0 Å². The van der Waals surface area contributed by atoms with E-state index in [4.69, 9.17) is 0 Å². The topological polar surface area (TPSA) is 55.6 Å². The number of fused-ring (bicyclic) bond motifs is 1. The Kier molecular flexibility index (Phi) is 2.87. The minimum Gasteiger partial charge on any atom is -0.317 e. The number of hydrogen-bond donors (Lipinski definition) is 1. The van der Waals surface area contributed by atoms with E-state index in [-0.39, 0.29) is 0 Å². The van der Waals surface area contributed by atoms with Gasteiger partial charge in [-0.2, -0.15) is 5.10 Å². The molecule has 0 saturated carbocycles. The Hall–Kier alpha value is -1.49. The molecular weight excluding hydrogens is 202 g/mol. The second-order valence-corrected chi connectivity index (χ2v) is 4.13. The van der Waals surface area contributed by atoms with Crippen molar-refractivity contribution in [3.8, 4) is 0 Å². The highest BCUT2D eigenvalue weighted by atomic mass is 15.3. The predicted octanol–water partition coefficient (Wildman–Crippen LogP) is 1.07. The van der Waals surface area contributed by atoms with Gasteiger partial charge in [-0.25, -0.2) is 9.97 Å². The maximum Gasteiger partial charge on any atom is 0.161 e. The molecule has 0 aliphatic rings. The summed E-state index contributed by atoms with van der Waals surface area (Å²) >= 11 is 0. The highest BCUT2D eigenvalue weighted by Crippen LogP contribution is 2.23. The Morgan fingerprint density at radius 3 is 2.75 bits per heavy atom. The third kappa shape index (κ3) is 1.67. The zero-order chi connectivity index (χ0) is 11.7. The number of rotatable bonds is 3. The van der Waals surface area contributed by atoms with Crippen molar-refractivity contribution in [2.75, 3.05) is 7.05 Å². The van der Waals surface area contributed by atoms with Gasteiger partial charge in [-0.05, 0) is 14.0 Å². The largest absolute Gasteiger partial charge is 0.317 e. The van der Waals surface area contributed by atoms with Crippen molar-refractivity contribution in [1.29, 1.82) is 0 Å². The first-order valence-corrected chi connectivity index (χ1v) is 5.45. The maximum atomic E-state index is 4.38. The van der Waals surface area contributed by atoms with Gasteiger partial charge in [0.2, 0.25) is 0 Å². The summed E-state index contributed by atoms with van der Waals surface area (Å²) in [4.78, 5) is 8.62. The Bertz CT molecular complexity index is 490. The fourth-order valence-electron chi connectivity index (χ4n) is 1.83. The van der Waals surface area contributed by atoms with Crippen molar-refractivity contribution in [2.45, 2.75) is 25.8 Å². The molecule has 0 aliphatic carbocycles. The Morgan fingerprint density at radius 1 is 1.31 bits per heavy atom. The molecule has 0 fully saturated rings. The molecule has 0 spiro atoms. The molecule has 16 heavy (non-hydrogen) atoms. The third-order valence-electron chi connectivity index (χ3n) is 3.20. The van der Waals surface area contributed by atoms with Crippen molar-refractivity contribution >= 4 is 11.0 Å². The first kappa shape index (κ1) is 11.0. The lowest BCUT2D eigenvalue weighted by Crippen LogP contribution is -2.27. The zero-order valence-electron chi connectivity index (χ0n) is 10.1. The molecule has 0 amide bonds. The molecule has 86 valence electrons. The average Bonchev–Trinajstić information content (AvgIpc) is 2.69. The zero-order valence-corrected chi connectivity index (χ0v) is 10.1. The lowest BCUT2D eigenvalue weighted by molar-refractivity contribution is 0.517. The summed E-state index contributed by atoms with van der Waals surface area (Å²) in [6, 6.07) is 0.373. The molecule has 5 heteroatoms. The molecule has 2 heterocycles. The van der Waals surface area contributed by atoms with E-state index in [1.165, 1.54) is 0 Å². The summed E-state index contributed by atoms with van der Waals surface area (Å²) in [5, 5.41) is 8.51. The molecular formula is C11H17N5. The minimum absolute atomic E-state index is 0.333. The number of nitrogens with one attached hydrogen (secondary N) is 1. The van der Waals surface area contributed by atoms with Crippen LogP contribution in [0, 0.1) is 0 Å². The summed E-state index contributed by atoms with van der Waals surface area (Å²) in [5.41, 5.74) is 1.94. The van der Waals surface area contributed by atoms with Crippen LogP contribution < -0.4 is 5.32 Å². The summed E-state index contributed by atoms with van der Waals surface area (Å²) in [6.45, 7) is 4.31. The van der Waals surface area contributed by atoms with Crippen LogP contribution >= 0.6 is 0 Å². The summed E-state index contributed by atoms with van der Waals surface area (Å²) in [5.74, 6) is 0.333. The van der Waals surface area contributed by atoms with E-state index < -0.39 is 0 Å². The normalized spacial score (nSPS) is 15.2. The molecule has 0 aliphatic heterocycles. The van der Waals surface area contributed by atoms with Crippen LogP contribution in [0.15, 0.2) is 12.5 Å². The van der Waals surface area contributed by atoms with E-state index >= 15 is 0 Å². The van der Waals surface area contributed by atoms with Crippen LogP contribution in [0.3, 0.4) is 0 Å². The average molecular weight is 219 g/mol. The second kappa shape index (κ2) is 4.17. The predicted molar refractivity (Wildman–Crippen MR) is 63.2 cm³/mol. The molecule has 2 unspecified atom stereocenters. The molecule has 2 atom stereocenters. The Morgan fingerprint density at radius 2 is 2.06 bits per heavy atom. The third-order valence-corrected chi connectivity index (χ3v) is 3.20. The van der Waals surface area contributed by atoms with E-state index in [9.17, 15) is 0 Å². The van der Waals surface area contributed by atoms with Gasteiger partial charge in [-0.15, -0.1) is 0 Å². The van der Waals surface area contributed by atoms with Crippen LogP contribution in [0.1, 0.15) is 25.5 Å². The monoisotopic (exact) mass is 219 g/mol. The molecule has 2 aromatic rings. The van der Waals surface area contributed by atoms with Gasteiger partial charge in [-0.3, -0.25) is 4.68 Å². The maximum absolute atomic E-state index is 4.38. The first-order chi connectivity index (χ1) is 7.65. The highest BCUT2D eigenvalue weighted by molar-refractivity contribution is 5.77. The summed E-state index contributed by atoms with van der Waals surface area (Å²) < 4.78 is 1.78. The van der Waals surface area contributed by atoms with Gasteiger partial charge in [-0.1, -0.05) is 6.92 Å². The van der Waals surface area contributed by atoms with Crippen molar-refractivity contribution in [3.05, 3.63) is 18.2 Å². The van der Waals surface area contributed by atoms with Gasteiger partial charge >= 0.3 is 0 Å².